The lowest BCUT2D eigenvalue weighted by Crippen LogP contribution is -2.34. The summed E-state index contributed by atoms with van der Waals surface area (Å²) in [5, 5.41) is 0. The van der Waals surface area contributed by atoms with Crippen molar-refractivity contribution in [1.29, 1.82) is 0 Å². The minimum absolute atomic E-state index is 0.0626. The first kappa shape index (κ1) is 18.2. The van der Waals surface area contributed by atoms with Crippen LogP contribution in [0.4, 0.5) is 5.95 Å². The molecule has 1 aliphatic heterocycles. The fourth-order valence-corrected chi connectivity index (χ4v) is 3.58. The summed E-state index contributed by atoms with van der Waals surface area (Å²) in [7, 11) is 0. The number of fused-ring (bicyclic) bond motifs is 1. The fourth-order valence-electron chi connectivity index (χ4n) is 3.58. The zero-order chi connectivity index (χ0) is 19.3. The van der Waals surface area contributed by atoms with Crippen LogP contribution in [0.5, 0.6) is 0 Å². The Bertz CT molecular complexity index is 958. The molecule has 0 N–H and O–H groups in total. The molecule has 5 nitrogen and oxygen atoms in total. The molecule has 4 rings (SSSR count). The van der Waals surface area contributed by atoms with Crippen molar-refractivity contribution < 1.29 is 4.79 Å². The van der Waals surface area contributed by atoms with Gasteiger partial charge in [-0.05, 0) is 36.1 Å². The Hall–Kier alpha value is -3.21. The van der Waals surface area contributed by atoms with E-state index in [1.165, 1.54) is 11.1 Å². The van der Waals surface area contributed by atoms with Crippen LogP contribution in [-0.4, -0.2) is 33.9 Å². The number of hydrogen-bond donors (Lipinski definition) is 0. The Labute approximate surface area is 165 Å². The number of benzene rings is 2. The van der Waals surface area contributed by atoms with Crippen molar-refractivity contribution in [2.75, 3.05) is 18.0 Å². The lowest BCUT2D eigenvalue weighted by atomic mass is 10.0. The third kappa shape index (κ3) is 3.88. The average molecular weight is 372 g/mol. The molecule has 5 heteroatoms. The van der Waals surface area contributed by atoms with Crippen LogP contribution in [0.1, 0.15) is 34.1 Å². The Morgan fingerprint density at radius 2 is 1.79 bits per heavy atom. The van der Waals surface area contributed by atoms with E-state index in [0.717, 1.165) is 25.1 Å². The number of amides is 1. The smallest absolute Gasteiger partial charge is 0.272 e. The lowest BCUT2D eigenvalue weighted by Gasteiger charge is -2.29. The third-order valence-electron chi connectivity index (χ3n) is 5.16. The quantitative estimate of drug-likeness (QED) is 0.685. The Morgan fingerprint density at radius 1 is 1.04 bits per heavy atom. The van der Waals surface area contributed by atoms with Gasteiger partial charge in [-0.3, -0.25) is 4.79 Å². The molecule has 142 valence electrons. The van der Waals surface area contributed by atoms with Crippen LogP contribution in [0.3, 0.4) is 0 Å². The molecule has 0 unspecified atom stereocenters. The van der Waals surface area contributed by atoms with E-state index in [4.69, 9.17) is 0 Å². The SMILES string of the molecule is CCN(Cc1ccccc1)C(=O)c1ccnc(N2CCc3ccccc3C2)n1. The van der Waals surface area contributed by atoms with Crippen LogP contribution in [0.15, 0.2) is 66.9 Å². The van der Waals surface area contributed by atoms with Gasteiger partial charge in [-0.2, -0.15) is 0 Å². The molecule has 0 fully saturated rings. The second-order valence-electron chi connectivity index (χ2n) is 6.99. The monoisotopic (exact) mass is 372 g/mol. The summed E-state index contributed by atoms with van der Waals surface area (Å²) in [6.45, 7) is 4.83. The molecule has 0 aliphatic carbocycles. The van der Waals surface area contributed by atoms with E-state index in [-0.39, 0.29) is 5.91 Å². The number of carbonyl (C=O) groups excluding carboxylic acids is 1. The summed E-state index contributed by atoms with van der Waals surface area (Å²) >= 11 is 0. The number of nitrogens with zero attached hydrogens (tertiary/aromatic N) is 4. The number of aromatic nitrogens is 2. The van der Waals surface area contributed by atoms with Crippen LogP contribution in [-0.2, 0) is 19.5 Å². The topological polar surface area (TPSA) is 49.3 Å². The largest absolute Gasteiger partial charge is 0.336 e. The standard InChI is InChI=1S/C23H24N4O/c1-2-26(16-18-8-4-3-5-9-18)22(28)21-12-14-24-23(25-21)27-15-13-19-10-6-7-11-20(19)17-27/h3-12,14H,2,13,15-17H2,1H3. The van der Waals surface area contributed by atoms with Gasteiger partial charge in [0.25, 0.3) is 5.91 Å². The zero-order valence-electron chi connectivity index (χ0n) is 16.1. The highest BCUT2D eigenvalue weighted by atomic mass is 16.2. The van der Waals surface area contributed by atoms with E-state index in [2.05, 4.69) is 39.1 Å². The molecule has 0 bridgehead atoms. The molecule has 2 aromatic carbocycles. The van der Waals surface area contributed by atoms with Crippen LogP contribution in [0.25, 0.3) is 0 Å². The van der Waals surface area contributed by atoms with Crippen molar-refractivity contribution in [3.05, 3.63) is 89.2 Å². The van der Waals surface area contributed by atoms with E-state index >= 15 is 0 Å². The lowest BCUT2D eigenvalue weighted by molar-refractivity contribution is 0.0746. The summed E-state index contributed by atoms with van der Waals surface area (Å²) in [4.78, 5) is 26.0. The van der Waals surface area contributed by atoms with Gasteiger partial charge in [-0.1, -0.05) is 54.6 Å². The van der Waals surface area contributed by atoms with Crippen LogP contribution in [0, 0.1) is 0 Å². The van der Waals surface area contributed by atoms with E-state index in [9.17, 15) is 4.79 Å². The fraction of sp³-hybridized carbons (Fsp3) is 0.261. The second-order valence-corrected chi connectivity index (χ2v) is 6.99. The highest BCUT2D eigenvalue weighted by Crippen LogP contribution is 2.22. The highest BCUT2D eigenvalue weighted by molar-refractivity contribution is 5.92. The number of carbonyl (C=O) groups is 1. The van der Waals surface area contributed by atoms with Gasteiger partial charge in [0.1, 0.15) is 5.69 Å². The minimum atomic E-state index is -0.0626. The summed E-state index contributed by atoms with van der Waals surface area (Å²) in [5.41, 5.74) is 4.24. The average Bonchev–Trinajstić information content (AvgIpc) is 2.77. The molecule has 0 saturated carbocycles. The maximum atomic E-state index is 13.0. The molecule has 1 amide bonds. The molecule has 0 atom stereocenters. The van der Waals surface area contributed by atoms with Gasteiger partial charge in [0, 0.05) is 32.4 Å². The van der Waals surface area contributed by atoms with Gasteiger partial charge in [0.2, 0.25) is 5.95 Å². The molecule has 0 spiro atoms. The van der Waals surface area contributed by atoms with E-state index in [1.54, 1.807) is 12.3 Å². The van der Waals surface area contributed by atoms with Crippen molar-refractivity contribution in [3.63, 3.8) is 0 Å². The van der Waals surface area contributed by atoms with Gasteiger partial charge in [-0.25, -0.2) is 9.97 Å². The molecular weight excluding hydrogens is 348 g/mol. The van der Waals surface area contributed by atoms with Crippen LogP contribution >= 0.6 is 0 Å². The van der Waals surface area contributed by atoms with Crippen LogP contribution in [0.2, 0.25) is 0 Å². The second kappa shape index (κ2) is 8.21. The van der Waals surface area contributed by atoms with Gasteiger partial charge in [0.15, 0.2) is 0 Å². The predicted molar refractivity (Wildman–Crippen MR) is 110 cm³/mol. The normalized spacial score (nSPS) is 13.1. The summed E-state index contributed by atoms with van der Waals surface area (Å²) < 4.78 is 0. The van der Waals surface area contributed by atoms with Crippen molar-refractivity contribution in [3.8, 4) is 0 Å². The molecule has 0 saturated heterocycles. The first-order valence-electron chi connectivity index (χ1n) is 9.72. The molecule has 28 heavy (non-hydrogen) atoms. The molecule has 3 aromatic rings. The zero-order valence-corrected chi connectivity index (χ0v) is 16.1. The number of anilines is 1. The molecular formula is C23H24N4O. The van der Waals surface area contributed by atoms with Crippen molar-refractivity contribution >= 4 is 11.9 Å². The third-order valence-corrected chi connectivity index (χ3v) is 5.16. The Balaban J connectivity index is 1.52. The maximum Gasteiger partial charge on any atom is 0.272 e. The first-order chi connectivity index (χ1) is 13.7. The van der Waals surface area contributed by atoms with Gasteiger partial charge >= 0.3 is 0 Å². The summed E-state index contributed by atoms with van der Waals surface area (Å²) in [6, 6.07) is 20.2. The summed E-state index contributed by atoms with van der Waals surface area (Å²) in [6.07, 6.45) is 2.65. The highest BCUT2D eigenvalue weighted by Gasteiger charge is 2.21. The van der Waals surface area contributed by atoms with Crippen molar-refractivity contribution in [1.82, 2.24) is 14.9 Å². The van der Waals surface area contributed by atoms with E-state index in [0.29, 0.717) is 24.7 Å². The molecule has 1 aromatic heterocycles. The van der Waals surface area contributed by atoms with Crippen molar-refractivity contribution in [2.45, 2.75) is 26.4 Å². The van der Waals surface area contributed by atoms with Gasteiger partial charge < -0.3 is 9.80 Å². The van der Waals surface area contributed by atoms with E-state index < -0.39 is 0 Å². The van der Waals surface area contributed by atoms with Crippen molar-refractivity contribution in [2.24, 2.45) is 0 Å². The van der Waals surface area contributed by atoms with Gasteiger partial charge in [0.05, 0.1) is 0 Å². The number of hydrogen-bond acceptors (Lipinski definition) is 4. The summed E-state index contributed by atoms with van der Waals surface area (Å²) in [5.74, 6) is 0.559. The van der Waals surface area contributed by atoms with E-state index in [1.807, 2.05) is 42.2 Å². The minimum Gasteiger partial charge on any atom is -0.336 e. The number of rotatable bonds is 5. The predicted octanol–water partition coefficient (Wildman–Crippen LogP) is 3.70. The maximum absolute atomic E-state index is 13.0. The Morgan fingerprint density at radius 3 is 2.57 bits per heavy atom. The Kier molecular flexibility index (Phi) is 5.33. The first-order valence-corrected chi connectivity index (χ1v) is 9.72. The molecule has 1 aliphatic rings. The van der Waals surface area contributed by atoms with Crippen LogP contribution < -0.4 is 4.90 Å². The molecule has 0 radical (unpaired) electrons. The molecule has 2 heterocycles. The van der Waals surface area contributed by atoms with Gasteiger partial charge in [-0.15, -0.1) is 0 Å².